The molecule has 174 valence electrons. The Hall–Kier alpha value is -3.47. The van der Waals surface area contributed by atoms with Crippen molar-refractivity contribution in [3.8, 4) is 11.5 Å². The van der Waals surface area contributed by atoms with Crippen molar-refractivity contribution in [2.45, 2.75) is 26.3 Å². The van der Waals surface area contributed by atoms with Gasteiger partial charge in [0.2, 0.25) is 5.91 Å². The van der Waals surface area contributed by atoms with Gasteiger partial charge in [0.05, 0.1) is 18.9 Å². The van der Waals surface area contributed by atoms with Crippen LogP contribution in [0.4, 0.5) is 19.0 Å². The Bertz CT molecular complexity index is 1140. The highest BCUT2D eigenvalue weighted by Crippen LogP contribution is 2.28. The third kappa shape index (κ3) is 4.82. The van der Waals surface area contributed by atoms with Gasteiger partial charge in [-0.05, 0) is 43.0 Å². The van der Waals surface area contributed by atoms with E-state index in [4.69, 9.17) is 0 Å². The molecule has 1 fully saturated rings. The number of benzene rings is 1. The van der Waals surface area contributed by atoms with Gasteiger partial charge in [0, 0.05) is 32.1 Å². The van der Waals surface area contributed by atoms with Gasteiger partial charge < -0.3 is 4.90 Å². The minimum atomic E-state index is -0.785. The van der Waals surface area contributed by atoms with E-state index in [0.29, 0.717) is 42.5 Å². The number of anilines is 1. The molecule has 4 rings (SSSR count). The summed E-state index contributed by atoms with van der Waals surface area (Å²) in [5.41, 5.74) is 1.69. The monoisotopic (exact) mass is 460 g/mol. The predicted octanol–water partition coefficient (Wildman–Crippen LogP) is 3.24. The first-order chi connectivity index (χ1) is 15.7. The van der Waals surface area contributed by atoms with Crippen molar-refractivity contribution in [1.82, 2.24) is 24.8 Å². The molecule has 11 heteroatoms. The second-order valence-electron chi connectivity index (χ2n) is 8.10. The minimum Gasteiger partial charge on any atom is -0.354 e. The second kappa shape index (κ2) is 9.18. The van der Waals surface area contributed by atoms with Crippen LogP contribution >= 0.6 is 0 Å². The van der Waals surface area contributed by atoms with Crippen molar-refractivity contribution in [3.05, 3.63) is 59.2 Å². The van der Waals surface area contributed by atoms with Crippen molar-refractivity contribution in [3.63, 3.8) is 0 Å². The molecule has 1 N–H and O–H groups in total. The van der Waals surface area contributed by atoms with Gasteiger partial charge in [-0.1, -0.05) is 0 Å². The Labute approximate surface area is 188 Å². The van der Waals surface area contributed by atoms with Crippen molar-refractivity contribution in [1.29, 1.82) is 0 Å². The van der Waals surface area contributed by atoms with E-state index < -0.39 is 29.3 Å². The van der Waals surface area contributed by atoms with E-state index in [0.717, 1.165) is 30.0 Å². The van der Waals surface area contributed by atoms with Crippen molar-refractivity contribution >= 4 is 11.7 Å². The quantitative estimate of drug-likeness (QED) is 0.465. The van der Waals surface area contributed by atoms with Crippen molar-refractivity contribution in [2.24, 2.45) is 13.0 Å². The number of nitrogens with zero attached hydrogens (tertiary/aromatic N) is 6. The molecule has 1 aromatic carbocycles. The molecule has 0 spiro atoms. The molecule has 3 heterocycles. The van der Waals surface area contributed by atoms with Gasteiger partial charge in [-0.15, -0.1) is 0 Å². The van der Waals surface area contributed by atoms with Gasteiger partial charge >= 0.3 is 0 Å². The summed E-state index contributed by atoms with van der Waals surface area (Å²) in [5.74, 6) is -2.70. The van der Waals surface area contributed by atoms with Crippen LogP contribution < -0.4 is 4.90 Å². The van der Waals surface area contributed by atoms with E-state index in [1.54, 1.807) is 22.8 Å². The van der Waals surface area contributed by atoms with Gasteiger partial charge in [0.1, 0.15) is 17.3 Å². The van der Waals surface area contributed by atoms with Crippen LogP contribution in [0.15, 0.2) is 30.6 Å². The lowest BCUT2D eigenvalue weighted by molar-refractivity contribution is -0.173. The molecular weight excluding hydrogens is 437 g/mol. The predicted molar refractivity (Wildman–Crippen MR) is 113 cm³/mol. The number of hydrogen-bond donors (Lipinski definition) is 1. The zero-order chi connectivity index (χ0) is 23.7. The van der Waals surface area contributed by atoms with Crippen LogP contribution in [0.2, 0.25) is 0 Å². The van der Waals surface area contributed by atoms with Gasteiger partial charge in [0.25, 0.3) is 0 Å². The van der Waals surface area contributed by atoms with E-state index in [2.05, 4.69) is 15.1 Å². The molecule has 0 saturated carbocycles. The fourth-order valence-electron chi connectivity index (χ4n) is 4.06. The Morgan fingerprint density at radius 2 is 1.82 bits per heavy atom. The standard InChI is InChI=1S/C22H23F3N6O2/c1-13-10-27-29(2)19(13)20-26-11-18(25)21(28-20)30-5-3-15(4-6-30)22(32)31(33)12-14-7-16(23)9-17(24)8-14/h7-11,15,33H,3-6,12H2,1-2H3. The first kappa shape index (κ1) is 22.7. The summed E-state index contributed by atoms with van der Waals surface area (Å²) in [5, 5.41) is 14.8. The first-order valence-electron chi connectivity index (χ1n) is 10.4. The van der Waals surface area contributed by atoms with Crippen LogP contribution in [0.25, 0.3) is 11.5 Å². The van der Waals surface area contributed by atoms with Crippen molar-refractivity contribution < 1.29 is 23.2 Å². The number of hydrogen-bond acceptors (Lipinski definition) is 6. The van der Waals surface area contributed by atoms with E-state index in [9.17, 15) is 23.2 Å². The fourth-order valence-corrected chi connectivity index (χ4v) is 4.06. The highest BCUT2D eigenvalue weighted by atomic mass is 19.1. The van der Waals surface area contributed by atoms with E-state index in [1.807, 2.05) is 6.92 Å². The maximum atomic E-state index is 14.5. The lowest BCUT2D eigenvalue weighted by Gasteiger charge is -2.33. The number of aryl methyl sites for hydroxylation is 2. The smallest absolute Gasteiger partial charge is 0.249 e. The fraction of sp³-hybridized carbons (Fsp3) is 0.364. The molecule has 1 aliphatic heterocycles. The first-order valence-corrected chi connectivity index (χ1v) is 10.4. The third-order valence-corrected chi connectivity index (χ3v) is 5.71. The van der Waals surface area contributed by atoms with Crippen LogP contribution in [0.5, 0.6) is 0 Å². The van der Waals surface area contributed by atoms with Gasteiger partial charge in [-0.3, -0.25) is 14.7 Å². The largest absolute Gasteiger partial charge is 0.354 e. The molecule has 1 amide bonds. The number of piperidine rings is 1. The Balaban J connectivity index is 1.42. The molecule has 0 radical (unpaired) electrons. The maximum Gasteiger partial charge on any atom is 0.249 e. The minimum absolute atomic E-state index is 0.141. The Morgan fingerprint density at radius 3 is 2.42 bits per heavy atom. The number of carbonyl (C=O) groups excluding carboxylic acids is 1. The molecule has 0 atom stereocenters. The Kier molecular flexibility index (Phi) is 6.32. The van der Waals surface area contributed by atoms with Crippen LogP contribution in [0.3, 0.4) is 0 Å². The zero-order valence-corrected chi connectivity index (χ0v) is 18.2. The summed E-state index contributed by atoms with van der Waals surface area (Å²) in [6.45, 7) is 2.22. The van der Waals surface area contributed by atoms with Crippen LogP contribution in [0.1, 0.15) is 24.0 Å². The highest BCUT2D eigenvalue weighted by Gasteiger charge is 2.30. The van der Waals surface area contributed by atoms with E-state index in [-0.39, 0.29) is 17.9 Å². The van der Waals surface area contributed by atoms with Gasteiger partial charge in [-0.25, -0.2) is 28.2 Å². The molecule has 0 bridgehead atoms. The topological polar surface area (TPSA) is 87.4 Å². The molecule has 3 aromatic rings. The number of amides is 1. The van der Waals surface area contributed by atoms with Gasteiger partial charge in [0.15, 0.2) is 17.5 Å². The summed E-state index contributed by atoms with van der Waals surface area (Å²) in [7, 11) is 1.75. The highest BCUT2D eigenvalue weighted by molar-refractivity contribution is 5.78. The summed E-state index contributed by atoms with van der Waals surface area (Å²) in [6, 6.07) is 2.83. The molecule has 1 aliphatic rings. The van der Waals surface area contributed by atoms with Crippen LogP contribution in [0, 0.1) is 30.3 Å². The number of hydroxylamine groups is 2. The lowest BCUT2D eigenvalue weighted by Crippen LogP contribution is -2.42. The van der Waals surface area contributed by atoms with Crippen LogP contribution in [-0.4, -0.2) is 49.0 Å². The van der Waals surface area contributed by atoms with E-state index >= 15 is 0 Å². The third-order valence-electron chi connectivity index (χ3n) is 5.71. The Morgan fingerprint density at radius 1 is 1.15 bits per heavy atom. The average molecular weight is 460 g/mol. The van der Waals surface area contributed by atoms with Crippen molar-refractivity contribution in [2.75, 3.05) is 18.0 Å². The number of aromatic nitrogens is 4. The number of carbonyl (C=O) groups is 1. The number of halogens is 3. The second-order valence-corrected chi connectivity index (χ2v) is 8.10. The molecule has 2 aromatic heterocycles. The lowest BCUT2D eigenvalue weighted by atomic mass is 9.95. The summed E-state index contributed by atoms with van der Waals surface area (Å²) >= 11 is 0. The maximum absolute atomic E-state index is 14.5. The molecule has 1 saturated heterocycles. The molecule has 0 unspecified atom stereocenters. The molecular formula is C22H23F3N6O2. The molecule has 0 aliphatic carbocycles. The van der Waals surface area contributed by atoms with Gasteiger partial charge in [-0.2, -0.15) is 5.10 Å². The van der Waals surface area contributed by atoms with Crippen LogP contribution in [-0.2, 0) is 18.4 Å². The SMILES string of the molecule is Cc1cnn(C)c1-c1ncc(F)c(N2CCC(C(=O)N(O)Cc3cc(F)cc(F)c3)CC2)n1. The normalized spacial score (nSPS) is 14.5. The molecule has 8 nitrogen and oxygen atoms in total. The summed E-state index contributed by atoms with van der Waals surface area (Å²) in [6.07, 6.45) is 3.51. The molecule has 33 heavy (non-hydrogen) atoms. The summed E-state index contributed by atoms with van der Waals surface area (Å²) < 4.78 is 42.9. The zero-order valence-electron chi connectivity index (χ0n) is 18.2. The summed E-state index contributed by atoms with van der Waals surface area (Å²) in [4.78, 5) is 22.9. The number of rotatable bonds is 5. The average Bonchev–Trinajstić information content (AvgIpc) is 3.11. The van der Waals surface area contributed by atoms with E-state index in [1.165, 1.54) is 0 Å².